The third-order valence-corrected chi connectivity index (χ3v) is 6.01. The molecule has 0 radical (unpaired) electrons. The Morgan fingerprint density at radius 3 is 2.29 bits per heavy atom. The van der Waals surface area contributed by atoms with E-state index in [1.165, 1.54) is 12.8 Å². The lowest BCUT2D eigenvalue weighted by Crippen LogP contribution is -2.08. The second kappa shape index (κ2) is 14.3. The van der Waals surface area contributed by atoms with E-state index >= 15 is 0 Å². The number of rotatable bonds is 14. The van der Waals surface area contributed by atoms with Gasteiger partial charge >= 0.3 is 0 Å². The molecule has 0 aliphatic carbocycles. The van der Waals surface area contributed by atoms with Crippen LogP contribution in [0, 0.1) is 5.82 Å². The number of benzene rings is 2. The third kappa shape index (κ3) is 8.56. The van der Waals surface area contributed by atoms with Crippen molar-refractivity contribution in [3.63, 3.8) is 0 Å². The maximum Gasteiger partial charge on any atom is 0.131 e. The van der Waals surface area contributed by atoms with Crippen LogP contribution in [0.5, 0.6) is 0 Å². The molecule has 4 heteroatoms. The molecule has 0 aliphatic rings. The Balaban J connectivity index is 1.51. The van der Waals surface area contributed by atoms with E-state index in [1.54, 1.807) is 12.1 Å². The predicted octanol–water partition coefficient (Wildman–Crippen LogP) is 8.46. The minimum atomic E-state index is -0.207. The Labute approximate surface area is 209 Å². The number of unbranched alkanes of at least 4 members (excludes halogenated alkanes) is 3. The van der Waals surface area contributed by atoms with E-state index < -0.39 is 0 Å². The van der Waals surface area contributed by atoms with E-state index in [4.69, 9.17) is 4.74 Å². The first-order valence-electron chi connectivity index (χ1n) is 12.7. The maximum absolute atomic E-state index is 14.7. The van der Waals surface area contributed by atoms with Crippen LogP contribution in [0.1, 0.15) is 63.8 Å². The van der Waals surface area contributed by atoms with Gasteiger partial charge in [-0.15, -0.1) is 6.58 Å². The molecule has 0 aliphatic heterocycles. The molecule has 0 bridgehead atoms. The van der Waals surface area contributed by atoms with Crippen molar-refractivity contribution < 1.29 is 9.13 Å². The summed E-state index contributed by atoms with van der Waals surface area (Å²) < 4.78 is 20.6. The molecule has 0 saturated carbocycles. The van der Waals surface area contributed by atoms with Crippen molar-refractivity contribution in [2.75, 3.05) is 6.61 Å². The van der Waals surface area contributed by atoms with Crippen LogP contribution in [0.15, 0.2) is 73.6 Å². The lowest BCUT2D eigenvalue weighted by molar-refractivity contribution is 0.0566. The van der Waals surface area contributed by atoms with Crippen molar-refractivity contribution >= 4 is 6.08 Å². The van der Waals surface area contributed by atoms with Gasteiger partial charge in [-0.25, -0.2) is 14.4 Å². The van der Waals surface area contributed by atoms with E-state index in [9.17, 15) is 4.39 Å². The van der Waals surface area contributed by atoms with Gasteiger partial charge in [-0.1, -0.05) is 74.4 Å². The van der Waals surface area contributed by atoms with Crippen molar-refractivity contribution in [3.8, 4) is 22.3 Å². The van der Waals surface area contributed by atoms with E-state index in [1.807, 2.05) is 54.9 Å². The second-order valence-corrected chi connectivity index (χ2v) is 8.92. The molecule has 1 atom stereocenters. The highest BCUT2D eigenvalue weighted by molar-refractivity contribution is 5.70. The summed E-state index contributed by atoms with van der Waals surface area (Å²) in [7, 11) is 0. The van der Waals surface area contributed by atoms with E-state index in [0.29, 0.717) is 12.0 Å². The topological polar surface area (TPSA) is 35.0 Å². The number of allylic oxidation sites excluding steroid dienone is 2. The van der Waals surface area contributed by atoms with Crippen molar-refractivity contribution in [3.05, 3.63) is 90.8 Å². The molecule has 2 aromatic carbocycles. The fourth-order valence-electron chi connectivity index (χ4n) is 3.89. The molecule has 0 amide bonds. The molecule has 1 heterocycles. The number of halogens is 1. The average molecular weight is 473 g/mol. The van der Waals surface area contributed by atoms with Crippen molar-refractivity contribution in [2.45, 2.75) is 64.9 Å². The van der Waals surface area contributed by atoms with Gasteiger partial charge in [0.05, 0.1) is 6.10 Å². The Hall–Kier alpha value is -3.11. The Kier molecular flexibility index (Phi) is 10.8. The first kappa shape index (κ1) is 26.5. The summed E-state index contributed by atoms with van der Waals surface area (Å²) in [5, 5.41) is 0. The zero-order chi connectivity index (χ0) is 24.9. The Morgan fingerprint density at radius 2 is 1.63 bits per heavy atom. The minimum Gasteiger partial charge on any atom is -0.379 e. The van der Waals surface area contributed by atoms with Gasteiger partial charge in [0.1, 0.15) is 11.6 Å². The zero-order valence-electron chi connectivity index (χ0n) is 21.1. The molecule has 0 saturated heterocycles. The number of nitrogens with zero attached hydrogens (tertiary/aromatic N) is 2. The van der Waals surface area contributed by atoms with Crippen molar-refractivity contribution in [1.82, 2.24) is 9.97 Å². The SMILES string of the molecule is C=CCc1ncc(-c2ccc(-c3ccc(C=CCCCC(C)OCCCCC)c(F)c3)cc2)cn1. The standard InChI is InChI=1S/C31H37FN2O/c1-4-6-10-20-35-24(3)12-8-7-9-13-27-18-19-28(21-30(27)32)25-14-16-26(17-15-25)29-22-33-31(11-5-2)34-23-29/h5,9,13-19,21-24H,2,4,6-8,10-12,20H2,1,3H3. The lowest BCUT2D eigenvalue weighted by atomic mass is 10.00. The Morgan fingerprint density at radius 1 is 0.943 bits per heavy atom. The number of ether oxygens (including phenoxy) is 1. The van der Waals surface area contributed by atoms with Gasteiger partial charge in [0, 0.05) is 36.5 Å². The molecule has 0 fully saturated rings. The summed E-state index contributed by atoms with van der Waals surface area (Å²) in [5.41, 5.74) is 4.43. The number of hydrogen-bond donors (Lipinski definition) is 0. The van der Waals surface area contributed by atoms with Crippen molar-refractivity contribution in [1.29, 1.82) is 0 Å². The summed E-state index contributed by atoms with van der Waals surface area (Å²) in [5.74, 6) is 0.549. The van der Waals surface area contributed by atoms with E-state index in [0.717, 1.165) is 60.4 Å². The fraction of sp³-hybridized carbons (Fsp3) is 0.355. The van der Waals surface area contributed by atoms with Crippen LogP contribution in [-0.2, 0) is 11.2 Å². The first-order valence-corrected chi connectivity index (χ1v) is 12.7. The van der Waals surface area contributed by atoms with Crippen LogP contribution in [0.2, 0.25) is 0 Å². The van der Waals surface area contributed by atoms with E-state index in [2.05, 4.69) is 36.5 Å². The molecule has 3 nitrogen and oxygen atoms in total. The fourth-order valence-corrected chi connectivity index (χ4v) is 3.89. The van der Waals surface area contributed by atoms with Gasteiger partial charge in [-0.3, -0.25) is 0 Å². The summed E-state index contributed by atoms with van der Waals surface area (Å²) >= 11 is 0. The minimum absolute atomic E-state index is 0.207. The first-order chi connectivity index (χ1) is 17.1. The van der Waals surface area contributed by atoms with Gasteiger partial charge in [0.15, 0.2) is 0 Å². The molecule has 3 aromatic rings. The Bertz CT molecular complexity index is 1070. The lowest BCUT2D eigenvalue weighted by Gasteiger charge is -2.12. The second-order valence-electron chi connectivity index (χ2n) is 8.92. The molecule has 3 rings (SSSR count). The molecule has 184 valence electrons. The summed E-state index contributed by atoms with van der Waals surface area (Å²) in [6.45, 7) is 8.90. The van der Waals surface area contributed by atoms with Crippen LogP contribution in [-0.4, -0.2) is 22.7 Å². The molecule has 1 unspecified atom stereocenters. The highest BCUT2D eigenvalue weighted by atomic mass is 19.1. The molecular weight excluding hydrogens is 435 g/mol. The number of hydrogen-bond acceptors (Lipinski definition) is 3. The molecule has 35 heavy (non-hydrogen) atoms. The highest BCUT2D eigenvalue weighted by Crippen LogP contribution is 2.26. The van der Waals surface area contributed by atoms with Gasteiger partial charge in [0.2, 0.25) is 0 Å². The predicted molar refractivity (Wildman–Crippen MR) is 145 cm³/mol. The summed E-state index contributed by atoms with van der Waals surface area (Å²) in [6.07, 6.45) is 16.9. The van der Waals surface area contributed by atoms with Gasteiger partial charge < -0.3 is 4.74 Å². The van der Waals surface area contributed by atoms with Crippen LogP contribution in [0.25, 0.3) is 28.3 Å². The van der Waals surface area contributed by atoms with Crippen molar-refractivity contribution in [2.24, 2.45) is 0 Å². The van der Waals surface area contributed by atoms with E-state index in [-0.39, 0.29) is 11.9 Å². The monoisotopic (exact) mass is 472 g/mol. The average Bonchev–Trinajstić information content (AvgIpc) is 2.88. The highest BCUT2D eigenvalue weighted by Gasteiger charge is 2.06. The maximum atomic E-state index is 14.7. The van der Waals surface area contributed by atoms with Crippen LogP contribution < -0.4 is 0 Å². The van der Waals surface area contributed by atoms with Crippen LogP contribution in [0.3, 0.4) is 0 Å². The third-order valence-electron chi connectivity index (χ3n) is 6.01. The normalized spacial score (nSPS) is 12.2. The number of aromatic nitrogens is 2. The van der Waals surface area contributed by atoms with Gasteiger partial charge in [-0.2, -0.15) is 0 Å². The molecule has 0 spiro atoms. The molecule has 1 aromatic heterocycles. The quantitative estimate of drug-likeness (QED) is 0.174. The largest absolute Gasteiger partial charge is 0.379 e. The van der Waals surface area contributed by atoms with Crippen LogP contribution in [0.4, 0.5) is 4.39 Å². The molecular formula is C31H37FN2O. The summed E-state index contributed by atoms with van der Waals surface area (Å²) in [6, 6.07) is 13.5. The molecule has 0 N–H and O–H groups in total. The summed E-state index contributed by atoms with van der Waals surface area (Å²) in [4.78, 5) is 8.73. The smallest absolute Gasteiger partial charge is 0.131 e. The van der Waals surface area contributed by atoms with Gasteiger partial charge in [-0.05, 0) is 55.4 Å². The van der Waals surface area contributed by atoms with Gasteiger partial charge in [0.25, 0.3) is 0 Å². The van der Waals surface area contributed by atoms with Crippen LogP contribution >= 0.6 is 0 Å². The zero-order valence-corrected chi connectivity index (χ0v) is 21.1.